The number of nitrogens with one attached hydrogen (secondary N) is 2. The third-order valence-electron chi connectivity index (χ3n) is 6.41. The number of amides is 3. The topological polar surface area (TPSA) is 64.7 Å². The van der Waals surface area contributed by atoms with E-state index < -0.39 is 12.1 Å². The number of piperidine rings is 1. The van der Waals surface area contributed by atoms with Crippen molar-refractivity contribution in [3.8, 4) is 0 Å². The van der Waals surface area contributed by atoms with Crippen LogP contribution in [-0.2, 0) is 17.6 Å². The fraction of sp³-hybridized carbons (Fsp3) is 0.652. The van der Waals surface area contributed by atoms with E-state index in [0.29, 0.717) is 12.0 Å². The molecule has 1 aromatic carbocycles. The Kier molecular flexibility index (Phi) is 7.69. The molecular formula is C23H33F3N4O2. The highest BCUT2D eigenvalue weighted by atomic mass is 19.4. The summed E-state index contributed by atoms with van der Waals surface area (Å²) in [6.07, 6.45) is -0.362. The van der Waals surface area contributed by atoms with E-state index >= 15 is 0 Å². The minimum absolute atomic E-state index is 0.00381. The van der Waals surface area contributed by atoms with Gasteiger partial charge in [-0.3, -0.25) is 4.79 Å². The first-order valence-corrected chi connectivity index (χ1v) is 11.3. The quantitative estimate of drug-likeness (QED) is 0.711. The Bertz CT molecular complexity index is 820. The molecule has 3 rings (SSSR count). The molecule has 1 saturated heterocycles. The molecule has 2 aliphatic rings. The maximum Gasteiger partial charge on any atom is 0.471 e. The van der Waals surface area contributed by atoms with Crippen LogP contribution < -0.4 is 10.6 Å². The molecule has 3 amide bonds. The van der Waals surface area contributed by atoms with Crippen molar-refractivity contribution in [2.24, 2.45) is 5.92 Å². The Morgan fingerprint density at radius 2 is 1.84 bits per heavy atom. The lowest BCUT2D eigenvalue weighted by molar-refractivity contribution is -0.167. The predicted molar refractivity (Wildman–Crippen MR) is 118 cm³/mol. The number of alkyl halides is 3. The highest BCUT2D eigenvalue weighted by molar-refractivity contribution is 5.95. The summed E-state index contributed by atoms with van der Waals surface area (Å²) in [5.41, 5.74) is 2.30. The van der Waals surface area contributed by atoms with Crippen molar-refractivity contribution in [2.45, 2.75) is 64.2 Å². The molecule has 9 heteroatoms. The van der Waals surface area contributed by atoms with Gasteiger partial charge in [-0.25, -0.2) is 4.79 Å². The summed E-state index contributed by atoms with van der Waals surface area (Å²) in [6.45, 7) is 6.36. The molecule has 1 unspecified atom stereocenters. The summed E-state index contributed by atoms with van der Waals surface area (Å²) in [5.74, 6) is -1.43. The Morgan fingerprint density at radius 1 is 1.16 bits per heavy atom. The van der Waals surface area contributed by atoms with E-state index in [1.807, 2.05) is 30.1 Å². The number of halogens is 3. The molecule has 1 fully saturated rings. The van der Waals surface area contributed by atoms with Gasteiger partial charge in [0.25, 0.3) is 0 Å². The first-order chi connectivity index (χ1) is 15.0. The fourth-order valence-electron chi connectivity index (χ4n) is 4.61. The lowest BCUT2D eigenvalue weighted by Crippen LogP contribution is -2.48. The van der Waals surface area contributed by atoms with Gasteiger partial charge in [-0.2, -0.15) is 13.2 Å². The van der Waals surface area contributed by atoms with Gasteiger partial charge in [-0.1, -0.05) is 6.07 Å². The third kappa shape index (κ3) is 6.37. The molecule has 1 heterocycles. The zero-order valence-corrected chi connectivity index (χ0v) is 19.0. The maximum absolute atomic E-state index is 12.5. The smallest absolute Gasteiger partial charge is 0.336 e. The molecule has 0 saturated carbocycles. The van der Waals surface area contributed by atoms with Crippen LogP contribution in [0.3, 0.4) is 0 Å². The van der Waals surface area contributed by atoms with Crippen LogP contribution in [0.4, 0.5) is 23.7 Å². The van der Waals surface area contributed by atoms with E-state index in [1.54, 1.807) is 6.07 Å². The standard InChI is InChI=1S/C23H33F3N4O2/c1-15(2)27-22(32)30-10-8-16(9-11-30)14-29(3)20-7-5-17-4-6-19(12-18(17)13-20)28-21(31)23(24,25)26/h4,6,12,15-16,20H,5,7-11,13-14H2,1-3H3,(H,27,32)(H,28,31). The number of carbonyl (C=O) groups excluding carboxylic acids is 2. The van der Waals surface area contributed by atoms with Gasteiger partial charge in [0.2, 0.25) is 0 Å². The van der Waals surface area contributed by atoms with E-state index in [0.717, 1.165) is 62.9 Å². The molecule has 32 heavy (non-hydrogen) atoms. The number of anilines is 1. The molecule has 6 nitrogen and oxygen atoms in total. The minimum atomic E-state index is -4.90. The Balaban J connectivity index is 1.52. The van der Waals surface area contributed by atoms with Gasteiger partial charge in [0.1, 0.15) is 0 Å². The molecule has 2 N–H and O–H groups in total. The van der Waals surface area contributed by atoms with Gasteiger partial charge in [-0.05, 0) is 82.2 Å². The van der Waals surface area contributed by atoms with Crippen molar-refractivity contribution in [1.82, 2.24) is 15.1 Å². The summed E-state index contributed by atoms with van der Waals surface area (Å²) in [5, 5.41) is 4.89. The summed E-state index contributed by atoms with van der Waals surface area (Å²) in [6, 6.07) is 5.46. The van der Waals surface area contributed by atoms with Gasteiger partial charge in [-0.15, -0.1) is 0 Å². The monoisotopic (exact) mass is 454 g/mol. The van der Waals surface area contributed by atoms with Crippen LogP contribution in [-0.4, -0.2) is 66.7 Å². The third-order valence-corrected chi connectivity index (χ3v) is 6.41. The van der Waals surface area contributed by atoms with Gasteiger partial charge in [0, 0.05) is 37.4 Å². The number of likely N-dealkylation sites (tertiary alicyclic amines) is 1. The van der Waals surface area contributed by atoms with Crippen LogP contribution in [0.1, 0.15) is 44.2 Å². The van der Waals surface area contributed by atoms with Crippen LogP contribution in [0.25, 0.3) is 0 Å². The molecule has 1 atom stereocenters. The highest BCUT2D eigenvalue weighted by Gasteiger charge is 2.38. The zero-order valence-electron chi connectivity index (χ0n) is 19.0. The highest BCUT2D eigenvalue weighted by Crippen LogP contribution is 2.29. The van der Waals surface area contributed by atoms with Gasteiger partial charge in [0.05, 0.1) is 0 Å². The number of fused-ring (bicyclic) bond motifs is 1. The second kappa shape index (κ2) is 10.1. The molecule has 1 aliphatic heterocycles. The van der Waals surface area contributed by atoms with E-state index in [9.17, 15) is 22.8 Å². The molecule has 0 radical (unpaired) electrons. The molecule has 1 aromatic rings. The van der Waals surface area contributed by atoms with Gasteiger partial charge >= 0.3 is 18.1 Å². The first kappa shape index (κ1) is 24.4. The van der Waals surface area contributed by atoms with E-state index in [1.165, 1.54) is 6.07 Å². The maximum atomic E-state index is 12.5. The van der Waals surface area contributed by atoms with Crippen molar-refractivity contribution in [3.05, 3.63) is 29.3 Å². The van der Waals surface area contributed by atoms with E-state index in [-0.39, 0.29) is 17.8 Å². The summed E-state index contributed by atoms with van der Waals surface area (Å²) in [7, 11) is 2.10. The second-order valence-corrected chi connectivity index (χ2v) is 9.31. The SMILES string of the molecule is CC(C)NC(=O)N1CCC(CN(C)C2CCc3ccc(NC(=O)C(F)(F)F)cc3C2)CC1. The van der Waals surface area contributed by atoms with Crippen LogP contribution in [0.2, 0.25) is 0 Å². The Hall–Kier alpha value is -2.29. The fourth-order valence-corrected chi connectivity index (χ4v) is 4.61. The molecular weight excluding hydrogens is 421 g/mol. The summed E-state index contributed by atoms with van der Waals surface area (Å²) >= 11 is 0. The minimum Gasteiger partial charge on any atom is -0.336 e. The van der Waals surface area contributed by atoms with Crippen molar-refractivity contribution >= 4 is 17.6 Å². The number of hydrogen-bond acceptors (Lipinski definition) is 3. The average Bonchev–Trinajstić information content (AvgIpc) is 2.72. The van der Waals surface area contributed by atoms with Gasteiger partial charge < -0.3 is 20.4 Å². The summed E-state index contributed by atoms with van der Waals surface area (Å²) in [4.78, 5) is 27.6. The number of benzene rings is 1. The van der Waals surface area contributed by atoms with Crippen LogP contribution in [0.15, 0.2) is 18.2 Å². The first-order valence-electron chi connectivity index (χ1n) is 11.3. The van der Waals surface area contributed by atoms with Crippen molar-refractivity contribution in [1.29, 1.82) is 0 Å². The van der Waals surface area contributed by atoms with Crippen LogP contribution in [0.5, 0.6) is 0 Å². The predicted octanol–water partition coefficient (Wildman–Crippen LogP) is 3.81. The lowest BCUT2D eigenvalue weighted by atomic mass is 9.86. The number of hydrogen-bond donors (Lipinski definition) is 2. The van der Waals surface area contributed by atoms with Crippen LogP contribution in [0, 0.1) is 5.92 Å². The van der Waals surface area contributed by atoms with Crippen LogP contribution >= 0.6 is 0 Å². The number of likely N-dealkylation sites (N-methyl/N-ethyl adjacent to an activating group) is 1. The average molecular weight is 455 g/mol. The number of nitrogens with zero attached hydrogens (tertiary/aromatic N) is 2. The zero-order chi connectivity index (χ0) is 23.5. The molecule has 1 aliphatic carbocycles. The molecule has 0 spiro atoms. The van der Waals surface area contributed by atoms with Gasteiger partial charge in [0.15, 0.2) is 0 Å². The number of carbonyl (C=O) groups is 2. The molecule has 0 bridgehead atoms. The largest absolute Gasteiger partial charge is 0.471 e. The Labute approximate surface area is 187 Å². The van der Waals surface area contributed by atoms with Crippen molar-refractivity contribution < 1.29 is 22.8 Å². The second-order valence-electron chi connectivity index (χ2n) is 9.31. The molecule has 0 aromatic heterocycles. The van der Waals surface area contributed by atoms with Crippen molar-refractivity contribution in [2.75, 3.05) is 32.0 Å². The number of aryl methyl sites for hydroxylation is 1. The lowest BCUT2D eigenvalue weighted by Gasteiger charge is -2.38. The number of urea groups is 1. The number of rotatable bonds is 5. The Morgan fingerprint density at radius 3 is 2.47 bits per heavy atom. The van der Waals surface area contributed by atoms with E-state index in [2.05, 4.69) is 17.3 Å². The normalized spacial score (nSPS) is 19.8. The van der Waals surface area contributed by atoms with E-state index in [4.69, 9.17) is 0 Å². The molecule has 178 valence electrons. The van der Waals surface area contributed by atoms with Crippen molar-refractivity contribution in [3.63, 3.8) is 0 Å². The summed E-state index contributed by atoms with van der Waals surface area (Å²) < 4.78 is 37.6.